The molecule has 0 aliphatic heterocycles. The Morgan fingerprint density at radius 1 is 1.53 bits per heavy atom. The van der Waals surface area contributed by atoms with Gasteiger partial charge in [0.05, 0.1) is 15.0 Å². The van der Waals surface area contributed by atoms with Gasteiger partial charge >= 0.3 is 0 Å². The van der Waals surface area contributed by atoms with Crippen molar-refractivity contribution in [2.45, 2.75) is 11.8 Å². The summed E-state index contributed by atoms with van der Waals surface area (Å²) >= 11 is 6.22. The molecule has 0 aliphatic carbocycles. The number of carbonyl (C=O) groups excluding carboxylic acids is 1. The van der Waals surface area contributed by atoms with Crippen molar-refractivity contribution in [3.05, 3.63) is 38.3 Å². The van der Waals surface area contributed by atoms with E-state index in [0.717, 1.165) is 0 Å². The van der Waals surface area contributed by atoms with Crippen LogP contribution in [0.4, 0.5) is 5.69 Å². The average molecular weight is 337 g/mol. The van der Waals surface area contributed by atoms with Crippen molar-refractivity contribution in [1.29, 1.82) is 0 Å². The Hall–Kier alpha value is -0.750. The minimum absolute atomic E-state index is 0.0745. The summed E-state index contributed by atoms with van der Waals surface area (Å²) in [5, 5.41) is 10.8. The molecule has 0 aromatic heterocycles. The summed E-state index contributed by atoms with van der Waals surface area (Å²) in [6, 6.07) is 4.79. The second kappa shape index (κ2) is 4.85. The van der Waals surface area contributed by atoms with Gasteiger partial charge in [0.25, 0.3) is 5.69 Å². The second-order valence-corrected chi connectivity index (χ2v) is 4.68. The lowest BCUT2D eigenvalue weighted by atomic mass is 10.1. The van der Waals surface area contributed by atoms with Gasteiger partial charge in [0.1, 0.15) is 10.6 Å². The van der Waals surface area contributed by atoms with Crippen LogP contribution < -0.4 is 0 Å². The summed E-state index contributed by atoms with van der Waals surface area (Å²) in [5.41, 5.74) is 0.288. The molecule has 0 saturated carbocycles. The molecule has 0 bridgehead atoms. The van der Waals surface area contributed by atoms with Crippen LogP contribution in [-0.2, 0) is 4.79 Å². The van der Waals surface area contributed by atoms with Crippen LogP contribution in [0.5, 0.6) is 0 Å². The molecule has 6 heteroatoms. The number of nitro groups is 1. The molecular weight excluding hydrogens is 330 g/mol. The zero-order valence-corrected chi connectivity index (χ0v) is 10.9. The fourth-order valence-electron chi connectivity index (χ4n) is 1.15. The first-order valence-corrected chi connectivity index (χ1v) is 5.73. The molecule has 1 unspecified atom stereocenters. The smallest absolute Gasteiger partial charge is 0.288 e. The number of carbonyl (C=O) groups is 1. The number of hydrogen-bond acceptors (Lipinski definition) is 3. The Labute approximate surface area is 103 Å². The van der Waals surface area contributed by atoms with Crippen molar-refractivity contribution < 1.29 is 9.72 Å². The number of Topliss-reactive ketones (excluding diaryl/α,β-unsaturated/α-hetero) is 1. The zero-order valence-electron chi connectivity index (χ0n) is 7.74. The van der Waals surface area contributed by atoms with E-state index in [9.17, 15) is 14.9 Å². The molecule has 1 rings (SSSR count). The van der Waals surface area contributed by atoms with Crippen LogP contribution in [0.3, 0.4) is 0 Å². The van der Waals surface area contributed by atoms with E-state index in [1.165, 1.54) is 6.92 Å². The molecule has 0 radical (unpaired) electrons. The van der Waals surface area contributed by atoms with Gasteiger partial charge in [-0.3, -0.25) is 14.9 Å². The lowest BCUT2D eigenvalue weighted by molar-refractivity contribution is -0.386. The molecule has 0 saturated heterocycles. The van der Waals surface area contributed by atoms with Crippen molar-refractivity contribution in [3.63, 3.8) is 0 Å². The summed E-state index contributed by atoms with van der Waals surface area (Å²) in [7, 11) is 0. The maximum absolute atomic E-state index is 11.1. The number of ketones is 1. The summed E-state index contributed by atoms with van der Waals surface area (Å²) in [5.74, 6) is -0.170. The van der Waals surface area contributed by atoms with Gasteiger partial charge in [-0.05, 0) is 28.9 Å². The van der Waals surface area contributed by atoms with Crippen LogP contribution in [0.2, 0.25) is 0 Å². The highest BCUT2D eigenvalue weighted by atomic mass is 79.9. The molecule has 0 amide bonds. The predicted octanol–water partition coefficient (Wildman–Crippen LogP) is 3.38. The Bertz CT molecular complexity index is 420. The molecule has 80 valence electrons. The van der Waals surface area contributed by atoms with Crippen LogP contribution >= 0.6 is 31.9 Å². The maximum atomic E-state index is 11.1. The number of nitrogens with zero attached hydrogens (tertiary/aromatic N) is 1. The van der Waals surface area contributed by atoms with E-state index in [2.05, 4.69) is 31.9 Å². The van der Waals surface area contributed by atoms with Crippen LogP contribution in [0.1, 0.15) is 17.3 Å². The molecule has 0 spiro atoms. The monoisotopic (exact) mass is 335 g/mol. The fourth-order valence-corrected chi connectivity index (χ4v) is 2.04. The third kappa shape index (κ3) is 2.63. The first-order valence-electron chi connectivity index (χ1n) is 4.02. The quantitative estimate of drug-likeness (QED) is 0.483. The zero-order chi connectivity index (χ0) is 11.6. The van der Waals surface area contributed by atoms with E-state index in [1.807, 2.05) is 0 Å². The third-order valence-corrected chi connectivity index (χ3v) is 3.61. The van der Waals surface area contributed by atoms with Gasteiger partial charge in [0.15, 0.2) is 0 Å². The number of para-hydroxylation sites is 1. The van der Waals surface area contributed by atoms with Gasteiger partial charge in [-0.2, -0.15) is 0 Å². The highest BCUT2D eigenvalue weighted by Crippen LogP contribution is 2.36. The van der Waals surface area contributed by atoms with Gasteiger partial charge < -0.3 is 0 Å². The van der Waals surface area contributed by atoms with Gasteiger partial charge in [0, 0.05) is 0 Å². The molecule has 1 aromatic rings. The van der Waals surface area contributed by atoms with E-state index >= 15 is 0 Å². The third-order valence-electron chi connectivity index (χ3n) is 1.83. The number of halogens is 2. The number of alkyl halides is 1. The van der Waals surface area contributed by atoms with Crippen molar-refractivity contribution in [3.8, 4) is 0 Å². The fraction of sp³-hybridized carbons (Fsp3) is 0.222. The van der Waals surface area contributed by atoms with Gasteiger partial charge in [0.2, 0.25) is 0 Å². The molecule has 0 heterocycles. The summed E-state index contributed by atoms with van der Waals surface area (Å²) in [4.78, 5) is 20.8. The Balaban J connectivity index is 3.35. The first kappa shape index (κ1) is 12.3. The molecular formula is C9H7Br2NO3. The number of rotatable bonds is 3. The van der Waals surface area contributed by atoms with Gasteiger partial charge in [-0.1, -0.05) is 28.1 Å². The van der Waals surface area contributed by atoms with E-state index in [4.69, 9.17) is 0 Å². The van der Waals surface area contributed by atoms with Crippen molar-refractivity contribution in [1.82, 2.24) is 0 Å². The average Bonchev–Trinajstić information content (AvgIpc) is 2.15. The van der Waals surface area contributed by atoms with Gasteiger partial charge in [-0.25, -0.2) is 0 Å². The molecule has 1 aromatic carbocycles. The number of benzene rings is 1. The Kier molecular flexibility index (Phi) is 3.98. The lowest BCUT2D eigenvalue weighted by Gasteiger charge is -2.07. The molecule has 0 aliphatic rings. The normalized spacial score (nSPS) is 12.2. The Morgan fingerprint density at radius 2 is 2.13 bits per heavy atom. The minimum atomic E-state index is -0.643. The summed E-state index contributed by atoms with van der Waals surface area (Å²) in [6.45, 7) is 1.38. The minimum Gasteiger partial charge on any atom is -0.298 e. The first-order chi connectivity index (χ1) is 6.95. The molecule has 1 atom stereocenters. The Morgan fingerprint density at radius 3 is 2.60 bits per heavy atom. The van der Waals surface area contributed by atoms with Crippen molar-refractivity contribution in [2.75, 3.05) is 0 Å². The van der Waals surface area contributed by atoms with E-state index < -0.39 is 9.75 Å². The van der Waals surface area contributed by atoms with Crippen LogP contribution in [0.15, 0.2) is 22.7 Å². The van der Waals surface area contributed by atoms with E-state index in [-0.39, 0.29) is 11.5 Å². The summed E-state index contributed by atoms with van der Waals surface area (Å²) < 4.78 is 0.371. The SMILES string of the molecule is CC(=O)C(Br)c1cccc(Br)c1[N+](=O)[O-]. The molecule has 15 heavy (non-hydrogen) atoms. The standard InChI is InChI=1S/C9H7Br2NO3/c1-5(13)8(11)6-3-2-4-7(10)9(6)12(14)15/h2-4,8H,1H3. The van der Waals surface area contributed by atoms with E-state index in [1.54, 1.807) is 18.2 Å². The van der Waals surface area contributed by atoms with Crippen LogP contribution in [-0.4, -0.2) is 10.7 Å². The van der Waals surface area contributed by atoms with Gasteiger partial charge in [-0.15, -0.1) is 0 Å². The lowest BCUT2D eigenvalue weighted by Crippen LogP contribution is -2.05. The molecule has 4 nitrogen and oxygen atoms in total. The molecule has 0 fully saturated rings. The largest absolute Gasteiger partial charge is 0.298 e. The predicted molar refractivity (Wildman–Crippen MR) is 63.1 cm³/mol. The maximum Gasteiger partial charge on any atom is 0.288 e. The second-order valence-electron chi connectivity index (χ2n) is 2.91. The number of hydrogen-bond donors (Lipinski definition) is 0. The summed E-state index contributed by atoms with van der Waals surface area (Å²) in [6.07, 6.45) is 0. The highest BCUT2D eigenvalue weighted by molar-refractivity contribution is 9.10. The van der Waals surface area contributed by atoms with Crippen molar-refractivity contribution >= 4 is 43.3 Å². The highest BCUT2D eigenvalue weighted by Gasteiger charge is 2.25. The van der Waals surface area contributed by atoms with Crippen molar-refractivity contribution in [2.24, 2.45) is 0 Å². The van der Waals surface area contributed by atoms with Crippen LogP contribution in [0.25, 0.3) is 0 Å². The van der Waals surface area contributed by atoms with Crippen LogP contribution in [0, 0.1) is 10.1 Å². The van der Waals surface area contributed by atoms with E-state index in [0.29, 0.717) is 10.0 Å². The topological polar surface area (TPSA) is 60.2 Å². The number of nitro benzene ring substituents is 1. The molecule has 0 N–H and O–H groups in total.